The van der Waals surface area contributed by atoms with E-state index in [0.717, 1.165) is 80.8 Å². The summed E-state index contributed by atoms with van der Waals surface area (Å²) in [5.74, 6) is 9.17. The first-order valence-electron chi connectivity index (χ1n) is 38.9. The number of hydrogen-bond donors (Lipinski definition) is 0. The minimum atomic E-state index is 0.665. The summed E-state index contributed by atoms with van der Waals surface area (Å²) < 4.78 is 0. The van der Waals surface area contributed by atoms with Crippen LogP contribution in [-0.4, -0.2) is 0 Å². The van der Waals surface area contributed by atoms with Gasteiger partial charge >= 0.3 is 0 Å². The molecular formula is C84H146. The highest BCUT2D eigenvalue weighted by Gasteiger charge is 2.46. The lowest BCUT2D eigenvalue weighted by Gasteiger charge is -2.38. The first-order valence-corrected chi connectivity index (χ1v) is 38.9. The smallest absolute Gasteiger partial charge is 0.0112 e. The predicted molar refractivity (Wildman–Crippen MR) is 371 cm³/mol. The van der Waals surface area contributed by atoms with Crippen LogP contribution < -0.4 is 0 Å². The lowest BCUT2D eigenvalue weighted by Crippen LogP contribution is -2.26. The van der Waals surface area contributed by atoms with Crippen molar-refractivity contribution in [1.82, 2.24) is 0 Å². The average molecular weight is 1160 g/mol. The van der Waals surface area contributed by atoms with Crippen molar-refractivity contribution in [3.05, 3.63) is 46.6 Å². The number of hydrogen-bond acceptors (Lipinski definition) is 0. The molecule has 14 aliphatic carbocycles. The van der Waals surface area contributed by atoms with Crippen LogP contribution in [0.2, 0.25) is 0 Å². The predicted octanol–water partition coefficient (Wildman–Crippen LogP) is 27.7. The van der Waals surface area contributed by atoms with Crippen LogP contribution in [0.3, 0.4) is 0 Å². The summed E-state index contributed by atoms with van der Waals surface area (Å²) in [5, 5.41) is 0. The minimum absolute atomic E-state index is 0.665. The molecule has 482 valence electrons. The highest BCUT2D eigenvalue weighted by atomic mass is 14.5. The van der Waals surface area contributed by atoms with E-state index in [1.807, 2.05) is 0 Å². The van der Waals surface area contributed by atoms with Crippen LogP contribution in [0.15, 0.2) is 46.6 Å². The Balaban J connectivity index is 0.000000128. The normalized spacial score (nSPS) is 29.9. The molecule has 14 rings (SSSR count). The highest BCUT2D eigenvalue weighted by molar-refractivity contribution is 5.22. The lowest BCUT2D eigenvalue weighted by molar-refractivity contribution is 0.132. The van der Waals surface area contributed by atoms with Crippen molar-refractivity contribution in [2.45, 2.75) is 386 Å². The molecule has 0 aromatic rings. The third-order valence-corrected chi connectivity index (χ3v) is 28.1. The Morgan fingerprint density at radius 1 is 0.274 bits per heavy atom. The monoisotopic (exact) mass is 1160 g/mol. The van der Waals surface area contributed by atoms with E-state index in [1.165, 1.54) is 212 Å². The van der Waals surface area contributed by atoms with Crippen LogP contribution in [-0.2, 0) is 0 Å². The first-order chi connectivity index (χ1) is 40.0. The molecule has 0 bridgehead atoms. The molecule has 14 aliphatic rings. The van der Waals surface area contributed by atoms with Gasteiger partial charge in [0.25, 0.3) is 0 Å². The van der Waals surface area contributed by atoms with Crippen molar-refractivity contribution >= 4 is 0 Å². The Bertz CT molecular complexity index is 2050. The zero-order valence-electron chi connectivity index (χ0n) is 59.4. The van der Waals surface area contributed by atoms with Crippen molar-refractivity contribution in [2.75, 3.05) is 0 Å². The van der Waals surface area contributed by atoms with Gasteiger partial charge in [-0.3, -0.25) is 0 Å². The number of rotatable bonds is 7. The Kier molecular flexibility index (Phi) is 25.3. The molecule has 0 amide bonds. The Hall–Kier alpha value is -1.04. The van der Waals surface area contributed by atoms with Gasteiger partial charge in [-0.15, -0.1) is 0 Å². The van der Waals surface area contributed by atoms with Crippen molar-refractivity contribution in [1.29, 1.82) is 0 Å². The molecule has 0 radical (unpaired) electrons. The maximum absolute atomic E-state index is 2.65. The van der Waals surface area contributed by atoms with Crippen molar-refractivity contribution in [3.63, 3.8) is 0 Å². The summed E-state index contributed by atoms with van der Waals surface area (Å²) in [6, 6.07) is 0. The van der Waals surface area contributed by atoms with E-state index in [4.69, 9.17) is 0 Å². The van der Waals surface area contributed by atoms with E-state index < -0.39 is 0 Å². The van der Waals surface area contributed by atoms with Gasteiger partial charge in [-0.05, 0) is 296 Å². The second-order valence-corrected chi connectivity index (χ2v) is 36.2. The molecule has 0 aliphatic heterocycles. The fraction of sp³-hybridized carbons (Fsp3) is 0.905. The Morgan fingerprint density at radius 3 is 0.774 bits per heavy atom. The Morgan fingerprint density at radius 2 is 0.536 bits per heavy atom. The summed E-state index contributed by atoms with van der Waals surface area (Å²) >= 11 is 0. The van der Waals surface area contributed by atoms with Crippen molar-refractivity contribution in [2.24, 2.45) is 97.1 Å². The van der Waals surface area contributed by atoms with Gasteiger partial charge in [-0.2, -0.15) is 0 Å². The molecule has 0 heterocycles. The second kappa shape index (κ2) is 30.9. The maximum atomic E-state index is 2.65. The third-order valence-electron chi connectivity index (χ3n) is 28.1. The van der Waals surface area contributed by atoms with Gasteiger partial charge in [-0.1, -0.05) is 233 Å². The molecule has 0 aromatic carbocycles. The van der Waals surface area contributed by atoms with E-state index >= 15 is 0 Å². The number of allylic oxidation sites excluding steroid dienone is 8. The van der Waals surface area contributed by atoms with Crippen LogP contribution >= 0.6 is 0 Å². The van der Waals surface area contributed by atoms with Crippen LogP contribution in [0.25, 0.3) is 0 Å². The summed E-state index contributed by atoms with van der Waals surface area (Å²) in [7, 11) is 0. The lowest BCUT2D eigenvalue weighted by atomic mass is 9.67. The molecule has 3 atom stereocenters. The van der Waals surface area contributed by atoms with E-state index in [2.05, 4.69) is 121 Å². The molecule has 0 saturated heterocycles. The maximum Gasteiger partial charge on any atom is -0.0112 e. The topological polar surface area (TPSA) is 0 Å². The molecule has 0 aromatic heterocycles. The quantitative estimate of drug-likeness (QED) is 0.223. The Labute approximate surface area is 526 Å². The standard InChI is InChI=1S/C13H24.C13H22.C12H22.2C12H20.C11H20.C11H18/c2*1-11(2)12-6-9-13(10-12)7-4-3-5-8-13;3*1-10(2)11-5-8-12(9-11)6-3-4-7-12;2*1-9(2)10-4-7-11(8-10)5-3-6-11/h11-12H,3-10H2,1-2H3;10-11H,3-9H2,1-2H3;10-11H,3-9H2,1-2H3;9-10H,3-8H2,1-2H3;5,10H,3-4,6-9H2,1-2H3;9-10H,3-8H2,1-2H3;8-9H,3-7H2,1-2H3. The van der Waals surface area contributed by atoms with Crippen LogP contribution in [0.5, 0.6) is 0 Å². The molecule has 3 unspecified atom stereocenters. The summed E-state index contributed by atoms with van der Waals surface area (Å²) in [4.78, 5) is 0. The largest absolute Gasteiger partial charge is 0.0845 e. The molecule has 10 saturated carbocycles. The van der Waals surface area contributed by atoms with Crippen molar-refractivity contribution < 1.29 is 0 Å². The summed E-state index contributed by atoms with van der Waals surface area (Å²) in [6.45, 7) is 33.1. The van der Waals surface area contributed by atoms with E-state index in [9.17, 15) is 0 Å². The molecule has 0 nitrogen and oxygen atoms in total. The molecule has 0 N–H and O–H groups in total. The zero-order chi connectivity index (χ0) is 60.2. The molecule has 84 heavy (non-hydrogen) atoms. The summed E-state index contributed by atoms with van der Waals surface area (Å²) in [6.07, 6.45) is 77.7. The fourth-order valence-corrected chi connectivity index (χ4v) is 21.1. The first kappa shape index (κ1) is 68.9. The summed E-state index contributed by atoms with van der Waals surface area (Å²) in [5.41, 5.74) is 12.3. The third kappa shape index (κ3) is 18.6. The van der Waals surface area contributed by atoms with Crippen LogP contribution in [0.1, 0.15) is 386 Å². The van der Waals surface area contributed by atoms with Gasteiger partial charge in [-0.25, -0.2) is 0 Å². The van der Waals surface area contributed by atoms with Gasteiger partial charge in [0.05, 0.1) is 0 Å². The minimum Gasteiger partial charge on any atom is -0.0845 e. The van der Waals surface area contributed by atoms with Crippen LogP contribution in [0.4, 0.5) is 0 Å². The molecule has 0 heteroatoms. The van der Waals surface area contributed by atoms with E-state index in [-0.39, 0.29) is 0 Å². The van der Waals surface area contributed by atoms with Gasteiger partial charge in [0.15, 0.2) is 0 Å². The van der Waals surface area contributed by atoms with Gasteiger partial charge in [0.1, 0.15) is 0 Å². The van der Waals surface area contributed by atoms with Gasteiger partial charge < -0.3 is 0 Å². The van der Waals surface area contributed by atoms with Gasteiger partial charge in [0, 0.05) is 0 Å². The van der Waals surface area contributed by atoms with Gasteiger partial charge in [0.2, 0.25) is 0 Å². The molecular weight excluding hydrogens is 1010 g/mol. The fourth-order valence-electron chi connectivity index (χ4n) is 21.1. The van der Waals surface area contributed by atoms with E-state index in [1.54, 1.807) is 99.3 Å². The van der Waals surface area contributed by atoms with E-state index in [0.29, 0.717) is 16.2 Å². The van der Waals surface area contributed by atoms with Crippen LogP contribution in [0, 0.1) is 97.1 Å². The molecule has 7 spiro atoms. The SMILES string of the molecule is CC(C)C1=CC2(CCC2)CC1.CC(C)C1=CC2(CCCC2)CC1.CC(C)C1=CC2(CCCCC2)CC1.CC(C)C1=CCC2(CCCC2)C1.CC(C)C1CCC2(CCC2)C1.CC(C)C1CCC2(CCCC2)C1.CC(C)C1CCC2(CCCCC2)C1. The molecule has 10 fully saturated rings. The average Bonchev–Trinajstić information content (AvgIpc) is 4.46. The second-order valence-electron chi connectivity index (χ2n) is 36.2. The zero-order valence-corrected chi connectivity index (χ0v) is 59.4. The highest BCUT2D eigenvalue weighted by Crippen LogP contribution is 2.59. The van der Waals surface area contributed by atoms with Crippen molar-refractivity contribution in [3.8, 4) is 0 Å².